The molecule has 0 aliphatic rings. The number of ether oxygens (including phenoxy) is 1. The lowest BCUT2D eigenvalue weighted by atomic mass is 10.3. The Balaban J connectivity index is 1.83. The van der Waals surface area contributed by atoms with Crippen LogP contribution in [0.4, 0.5) is 23.7 Å². The van der Waals surface area contributed by atoms with E-state index in [0.29, 0.717) is 18.0 Å². The van der Waals surface area contributed by atoms with Gasteiger partial charge < -0.3 is 15.4 Å². The van der Waals surface area contributed by atoms with Crippen LogP contribution in [0.25, 0.3) is 0 Å². The van der Waals surface area contributed by atoms with E-state index in [1.54, 1.807) is 24.3 Å². The Hall–Kier alpha value is -2.71. The first-order chi connectivity index (χ1) is 11.4. The van der Waals surface area contributed by atoms with Crippen LogP contribution in [0.5, 0.6) is 5.75 Å². The zero-order chi connectivity index (χ0) is 17.6. The van der Waals surface area contributed by atoms with Gasteiger partial charge in [0.25, 0.3) is 0 Å². The molecule has 1 aromatic heterocycles. The predicted molar refractivity (Wildman–Crippen MR) is 81.9 cm³/mol. The molecule has 2 aromatic rings. The summed E-state index contributed by atoms with van der Waals surface area (Å²) in [5.74, 6) is 0.539. The number of anilines is 1. The minimum atomic E-state index is -4.47. The number of carbonyl (C=O) groups excluding carboxylic acids is 1. The van der Waals surface area contributed by atoms with Crippen molar-refractivity contribution >= 4 is 11.7 Å². The molecule has 0 fully saturated rings. The second-order valence-corrected chi connectivity index (χ2v) is 4.77. The molecule has 2 amide bonds. The maximum atomic E-state index is 12.4. The number of benzene rings is 1. The smallest absolute Gasteiger partial charge is 0.435 e. The summed E-state index contributed by atoms with van der Waals surface area (Å²) < 4.78 is 43.8. The number of halogens is 3. The van der Waals surface area contributed by atoms with Crippen LogP contribution in [0, 0.1) is 0 Å². The van der Waals surface area contributed by atoms with E-state index in [2.05, 4.69) is 15.7 Å². The number of hydrogen-bond acceptors (Lipinski definition) is 3. The molecule has 0 aliphatic heterocycles. The van der Waals surface area contributed by atoms with Gasteiger partial charge >= 0.3 is 12.2 Å². The highest BCUT2D eigenvalue weighted by atomic mass is 19.4. The molecule has 0 radical (unpaired) electrons. The van der Waals surface area contributed by atoms with Gasteiger partial charge in [-0.1, -0.05) is 12.1 Å². The number of nitrogens with zero attached hydrogens (tertiary/aromatic N) is 2. The lowest BCUT2D eigenvalue weighted by Gasteiger charge is -2.12. The molecule has 0 unspecified atom stereocenters. The van der Waals surface area contributed by atoms with Gasteiger partial charge in [-0.3, -0.25) is 4.68 Å². The summed E-state index contributed by atoms with van der Waals surface area (Å²) in [5, 5.41) is 8.58. The topological polar surface area (TPSA) is 68.2 Å². The summed E-state index contributed by atoms with van der Waals surface area (Å²) in [7, 11) is 0. The average Bonchev–Trinajstić information content (AvgIpc) is 2.98. The molecule has 0 saturated heterocycles. The van der Waals surface area contributed by atoms with Gasteiger partial charge in [-0.25, -0.2) is 4.79 Å². The van der Waals surface area contributed by atoms with Crippen LogP contribution in [0.2, 0.25) is 0 Å². The first-order valence-corrected chi connectivity index (χ1v) is 7.27. The SMILES string of the molecule is CCOc1ccccc1NC(=O)NCCn1ccc(C(F)(F)F)n1. The molecular weight excluding hydrogens is 325 g/mol. The highest BCUT2D eigenvalue weighted by Gasteiger charge is 2.33. The maximum Gasteiger partial charge on any atom is 0.435 e. The van der Waals surface area contributed by atoms with Gasteiger partial charge in [0.05, 0.1) is 18.8 Å². The van der Waals surface area contributed by atoms with Crippen molar-refractivity contribution in [3.05, 3.63) is 42.2 Å². The minimum absolute atomic E-state index is 0.122. The van der Waals surface area contributed by atoms with Crippen molar-refractivity contribution in [3.8, 4) is 5.75 Å². The van der Waals surface area contributed by atoms with Crippen LogP contribution in [0.3, 0.4) is 0 Å². The molecule has 1 heterocycles. The highest BCUT2D eigenvalue weighted by molar-refractivity contribution is 5.90. The first kappa shape index (κ1) is 17.6. The van der Waals surface area contributed by atoms with Crippen LogP contribution in [0.15, 0.2) is 36.5 Å². The highest BCUT2D eigenvalue weighted by Crippen LogP contribution is 2.27. The van der Waals surface area contributed by atoms with Gasteiger partial charge in [0.2, 0.25) is 0 Å². The molecule has 0 bridgehead atoms. The summed E-state index contributed by atoms with van der Waals surface area (Å²) in [6.45, 7) is 2.54. The third kappa shape index (κ3) is 4.90. The van der Waals surface area contributed by atoms with Crippen LogP contribution < -0.4 is 15.4 Å². The normalized spacial score (nSPS) is 11.2. The number of amides is 2. The maximum absolute atomic E-state index is 12.4. The lowest BCUT2D eigenvalue weighted by Crippen LogP contribution is -2.31. The molecule has 1 aromatic carbocycles. The fourth-order valence-corrected chi connectivity index (χ4v) is 1.94. The monoisotopic (exact) mass is 342 g/mol. The molecule has 0 spiro atoms. The van der Waals surface area contributed by atoms with Crippen molar-refractivity contribution in [2.45, 2.75) is 19.6 Å². The van der Waals surface area contributed by atoms with Crippen molar-refractivity contribution in [3.63, 3.8) is 0 Å². The van der Waals surface area contributed by atoms with Crippen LogP contribution in [-0.4, -0.2) is 29.0 Å². The van der Waals surface area contributed by atoms with Crippen molar-refractivity contribution in [1.82, 2.24) is 15.1 Å². The Labute approximate surface area is 136 Å². The zero-order valence-electron chi connectivity index (χ0n) is 12.9. The van der Waals surface area contributed by atoms with Gasteiger partial charge in [0.15, 0.2) is 5.69 Å². The summed E-state index contributed by atoms with van der Waals surface area (Å²) in [6.07, 6.45) is -3.26. The number of nitrogens with one attached hydrogen (secondary N) is 2. The molecule has 6 nitrogen and oxygen atoms in total. The predicted octanol–water partition coefficient (Wildman–Crippen LogP) is 3.12. The van der Waals surface area contributed by atoms with Crippen molar-refractivity contribution in [1.29, 1.82) is 0 Å². The third-order valence-electron chi connectivity index (χ3n) is 2.99. The van der Waals surface area contributed by atoms with Gasteiger partial charge in [0, 0.05) is 12.7 Å². The number of para-hydroxylation sites is 2. The fraction of sp³-hybridized carbons (Fsp3) is 0.333. The summed E-state index contributed by atoms with van der Waals surface area (Å²) in [6, 6.07) is 7.35. The molecule has 0 saturated carbocycles. The van der Waals surface area contributed by atoms with E-state index in [1.165, 1.54) is 6.20 Å². The third-order valence-corrected chi connectivity index (χ3v) is 2.99. The Morgan fingerprint density at radius 1 is 1.29 bits per heavy atom. The average molecular weight is 342 g/mol. The largest absolute Gasteiger partial charge is 0.492 e. The number of alkyl halides is 3. The Morgan fingerprint density at radius 3 is 2.71 bits per heavy atom. The summed E-state index contributed by atoms with van der Waals surface area (Å²) >= 11 is 0. The number of carbonyl (C=O) groups is 1. The number of hydrogen-bond donors (Lipinski definition) is 2. The van der Waals surface area contributed by atoms with E-state index in [-0.39, 0.29) is 13.1 Å². The molecule has 0 atom stereocenters. The minimum Gasteiger partial charge on any atom is -0.492 e. The van der Waals surface area contributed by atoms with Gasteiger partial charge in [0.1, 0.15) is 5.75 Å². The van der Waals surface area contributed by atoms with E-state index in [9.17, 15) is 18.0 Å². The van der Waals surface area contributed by atoms with E-state index in [4.69, 9.17) is 4.74 Å². The number of rotatable bonds is 6. The Morgan fingerprint density at radius 2 is 2.04 bits per heavy atom. The first-order valence-electron chi connectivity index (χ1n) is 7.27. The second kappa shape index (κ2) is 7.71. The Bertz CT molecular complexity index is 685. The Kier molecular flexibility index (Phi) is 5.67. The summed E-state index contributed by atoms with van der Waals surface area (Å²) in [5.41, 5.74) is -0.451. The molecule has 0 aliphatic carbocycles. The van der Waals surface area contributed by atoms with Crippen LogP contribution in [0.1, 0.15) is 12.6 Å². The second-order valence-electron chi connectivity index (χ2n) is 4.77. The number of aromatic nitrogens is 2. The van der Waals surface area contributed by atoms with E-state index >= 15 is 0 Å². The van der Waals surface area contributed by atoms with Gasteiger partial charge in [-0.15, -0.1) is 0 Å². The van der Waals surface area contributed by atoms with Crippen molar-refractivity contribution < 1.29 is 22.7 Å². The molecule has 24 heavy (non-hydrogen) atoms. The van der Waals surface area contributed by atoms with Gasteiger partial charge in [-0.05, 0) is 25.1 Å². The van der Waals surface area contributed by atoms with E-state index < -0.39 is 17.9 Å². The quantitative estimate of drug-likeness (QED) is 0.847. The molecule has 130 valence electrons. The zero-order valence-corrected chi connectivity index (χ0v) is 12.9. The summed E-state index contributed by atoms with van der Waals surface area (Å²) in [4.78, 5) is 11.8. The van der Waals surface area contributed by atoms with E-state index in [1.807, 2.05) is 6.92 Å². The molecular formula is C15H17F3N4O2. The molecule has 9 heteroatoms. The number of urea groups is 1. The van der Waals surface area contributed by atoms with E-state index in [0.717, 1.165) is 10.7 Å². The molecule has 2 rings (SSSR count). The fourth-order valence-electron chi connectivity index (χ4n) is 1.94. The van der Waals surface area contributed by atoms with Crippen molar-refractivity contribution in [2.75, 3.05) is 18.5 Å². The van der Waals surface area contributed by atoms with Gasteiger partial charge in [-0.2, -0.15) is 18.3 Å². The van der Waals surface area contributed by atoms with Crippen LogP contribution in [-0.2, 0) is 12.7 Å². The van der Waals surface area contributed by atoms with Crippen LogP contribution >= 0.6 is 0 Å². The standard InChI is InChI=1S/C15H17F3N4O2/c1-2-24-12-6-4-3-5-11(12)20-14(23)19-8-10-22-9-7-13(21-22)15(16,17)18/h3-7,9H,2,8,10H2,1H3,(H2,19,20,23). The van der Waals surface area contributed by atoms with Crippen molar-refractivity contribution in [2.24, 2.45) is 0 Å². The molecule has 2 N–H and O–H groups in total. The lowest BCUT2D eigenvalue weighted by molar-refractivity contribution is -0.141.